The second-order valence-corrected chi connectivity index (χ2v) is 6.76. The summed E-state index contributed by atoms with van der Waals surface area (Å²) in [5, 5.41) is 3.04. The number of nitrogens with one attached hydrogen (secondary N) is 1. The Balaban J connectivity index is 1.32. The Morgan fingerprint density at radius 1 is 1.20 bits per heavy atom. The van der Waals surface area contributed by atoms with E-state index in [4.69, 9.17) is 4.74 Å². The SMILES string of the molecule is O=C(NC1CC1)N1CCN(c2nsnc2OCc2ccncc2)CC1. The average Bonchev–Trinajstić information content (AvgIpc) is 3.34. The number of nitrogens with zero attached hydrogens (tertiary/aromatic N) is 5. The lowest BCUT2D eigenvalue weighted by Gasteiger charge is -2.34. The van der Waals surface area contributed by atoms with Crippen molar-refractivity contribution in [2.45, 2.75) is 25.5 Å². The molecule has 1 N–H and O–H groups in total. The Kier molecular flexibility index (Phi) is 4.64. The van der Waals surface area contributed by atoms with Crippen molar-refractivity contribution in [2.24, 2.45) is 0 Å². The van der Waals surface area contributed by atoms with Crippen molar-refractivity contribution in [3.8, 4) is 5.88 Å². The lowest BCUT2D eigenvalue weighted by molar-refractivity contribution is 0.193. The molecule has 0 bridgehead atoms. The molecule has 0 radical (unpaired) electrons. The number of pyridine rings is 1. The van der Waals surface area contributed by atoms with E-state index >= 15 is 0 Å². The van der Waals surface area contributed by atoms with Gasteiger partial charge in [0.2, 0.25) is 5.82 Å². The van der Waals surface area contributed by atoms with E-state index in [1.807, 2.05) is 17.0 Å². The smallest absolute Gasteiger partial charge is 0.317 e. The topological polar surface area (TPSA) is 83.5 Å². The summed E-state index contributed by atoms with van der Waals surface area (Å²) in [4.78, 5) is 20.1. The van der Waals surface area contributed by atoms with Gasteiger partial charge in [-0.2, -0.15) is 4.37 Å². The molecule has 2 aromatic heterocycles. The van der Waals surface area contributed by atoms with E-state index in [9.17, 15) is 4.79 Å². The summed E-state index contributed by atoms with van der Waals surface area (Å²) in [6.07, 6.45) is 5.69. The average molecular weight is 360 g/mol. The van der Waals surface area contributed by atoms with Gasteiger partial charge in [-0.25, -0.2) is 4.79 Å². The van der Waals surface area contributed by atoms with Crippen molar-refractivity contribution in [3.05, 3.63) is 30.1 Å². The summed E-state index contributed by atoms with van der Waals surface area (Å²) in [5.74, 6) is 1.32. The summed E-state index contributed by atoms with van der Waals surface area (Å²) in [7, 11) is 0. The molecule has 3 heterocycles. The maximum atomic E-state index is 12.1. The van der Waals surface area contributed by atoms with Gasteiger partial charge in [-0.1, -0.05) is 0 Å². The van der Waals surface area contributed by atoms with Gasteiger partial charge in [-0.05, 0) is 30.5 Å². The molecule has 0 unspecified atom stereocenters. The van der Waals surface area contributed by atoms with Crippen LogP contribution in [0, 0.1) is 0 Å². The Bertz CT molecular complexity index is 712. The number of urea groups is 1. The fraction of sp³-hybridized carbons (Fsp3) is 0.500. The molecular weight excluding hydrogens is 340 g/mol. The number of hydrogen-bond donors (Lipinski definition) is 1. The fourth-order valence-electron chi connectivity index (χ4n) is 2.71. The second-order valence-electron chi connectivity index (χ2n) is 6.23. The minimum absolute atomic E-state index is 0.0488. The van der Waals surface area contributed by atoms with Crippen molar-refractivity contribution in [1.82, 2.24) is 23.9 Å². The van der Waals surface area contributed by atoms with E-state index in [-0.39, 0.29) is 6.03 Å². The van der Waals surface area contributed by atoms with Crippen molar-refractivity contribution in [1.29, 1.82) is 0 Å². The van der Waals surface area contributed by atoms with Gasteiger partial charge in [0.15, 0.2) is 0 Å². The Morgan fingerprint density at radius 3 is 2.68 bits per heavy atom. The molecule has 25 heavy (non-hydrogen) atoms. The molecule has 2 aromatic rings. The lowest BCUT2D eigenvalue weighted by Crippen LogP contribution is -2.52. The highest BCUT2D eigenvalue weighted by Crippen LogP contribution is 2.27. The zero-order valence-electron chi connectivity index (χ0n) is 13.8. The molecule has 0 spiro atoms. The molecule has 0 atom stereocenters. The second kappa shape index (κ2) is 7.22. The molecule has 0 aromatic carbocycles. The number of hydrogen-bond acceptors (Lipinski definition) is 7. The largest absolute Gasteiger partial charge is 0.470 e. The first-order chi connectivity index (χ1) is 12.3. The van der Waals surface area contributed by atoms with Gasteiger partial charge in [0.1, 0.15) is 6.61 Å². The number of anilines is 1. The van der Waals surface area contributed by atoms with Crippen LogP contribution in [0.25, 0.3) is 0 Å². The molecule has 2 aliphatic rings. The molecule has 2 fully saturated rings. The van der Waals surface area contributed by atoms with Gasteiger partial charge in [-0.3, -0.25) is 4.98 Å². The van der Waals surface area contributed by atoms with Crippen molar-refractivity contribution >= 4 is 23.6 Å². The zero-order chi connectivity index (χ0) is 17.1. The Hall–Kier alpha value is -2.42. The molecule has 132 valence electrons. The first-order valence-electron chi connectivity index (χ1n) is 8.44. The standard InChI is InChI=1S/C16H20N6O2S/c23-16(18-13-1-2-13)22-9-7-21(8-10-22)14-15(20-25-19-14)24-11-12-3-5-17-6-4-12/h3-6,13H,1-2,7-11H2,(H,18,23). The molecule has 1 aliphatic heterocycles. The number of piperazine rings is 1. The van der Waals surface area contributed by atoms with Crippen LogP contribution >= 0.6 is 11.7 Å². The molecule has 1 aliphatic carbocycles. The van der Waals surface area contributed by atoms with Crippen LogP contribution in [0.15, 0.2) is 24.5 Å². The van der Waals surface area contributed by atoms with E-state index in [0.29, 0.717) is 31.6 Å². The Morgan fingerprint density at radius 2 is 1.96 bits per heavy atom. The summed E-state index contributed by atoms with van der Waals surface area (Å²) < 4.78 is 14.5. The predicted molar refractivity (Wildman–Crippen MR) is 93.8 cm³/mol. The molecule has 1 saturated heterocycles. The lowest BCUT2D eigenvalue weighted by atomic mass is 10.3. The van der Waals surface area contributed by atoms with Gasteiger partial charge in [-0.15, -0.1) is 4.37 Å². The van der Waals surface area contributed by atoms with Crippen LogP contribution in [-0.4, -0.2) is 56.9 Å². The summed E-state index contributed by atoms with van der Waals surface area (Å²) in [6.45, 7) is 3.26. The summed E-state index contributed by atoms with van der Waals surface area (Å²) in [5.41, 5.74) is 1.04. The van der Waals surface area contributed by atoms with Gasteiger partial charge >= 0.3 is 6.03 Å². The van der Waals surface area contributed by atoms with Gasteiger partial charge in [0, 0.05) is 44.6 Å². The molecule has 8 nitrogen and oxygen atoms in total. The first-order valence-corrected chi connectivity index (χ1v) is 9.17. The van der Waals surface area contributed by atoms with Crippen molar-refractivity contribution in [3.63, 3.8) is 0 Å². The molecule has 2 amide bonds. The van der Waals surface area contributed by atoms with E-state index in [0.717, 1.165) is 49.0 Å². The minimum Gasteiger partial charge on any atom is -0.470 e. The first kappa shape index (κ1) is 16.1. The number of rotatable bonds is 5. The quantitative estimate of drug-likeness (QED) is 0.870. The van der Waals surface area contributed by atoms with Gasteiger partial charge in [0.25, 0.3) is 5.88 Å². The minimum atomic E-state index is 0.0488. The highest BCUT2D eigenvalue weighted by molar-refractivity contribution is 6.99. The van der Waals surface area contributed by atoms with Crippen LogP contribution in [0.5, 0.6) is 5.88 Å². The predicted octanol–water partition coefficient (Wildman–Crippen LogP) is 1.51. The van der Waals surface area contributed by atoms with E-state index in [2.05, 4.69) is 23.9 Å². The molecule has 1 saturated carbocycles. The number of carbonyl (C=O) groups is 1. The number of amides is 2. The third-order valence-corrected chi connectivity index (χ3v) is 4.84. The number of carbonyl (C=O) groups excluding carboxylic acids is 1. The van der Waals surface area contributed by atoms with Crippen LogP contribution in [0.1, 0.15) is 18.4 Å². The van der Waals surface area contributed by atoms with Crippen LogP contribution in [0.3, 0.4) is 0 Å². The van der Waals surface area contributed by atoms with E-state index in [1.165, 1.54) is 0 Å². The molecular formula is C16H20N6O2S. The van der Waals surface area contributed by atoms with Crippen LogP contribution in [0.2, 0.25) is 0 Å². The van der Waals surface area contributed by atoms with Crippen molar-refractivity contribution < 1.29 is 9.53 Å². The monoisotopic (exact) mass is 360 g/mol. The zero-order valence-corrected chi connectivity index (χ0v) is 14.6. The summed E-state index contributed by atoms with van der Waals surface area (Å²) >= 11 is 1.15. The van der Waals surface area contributed by atoms with E-state index in [1.54, 1.807) is 12.4 Å². The number of aromatic nitrogens is 3. The van der Waals surface area contributed by atoms with Gasteiger partial charge < -0.3 is 19.9 Å². The molecule has 4 rings (SSSR count). The molecule has 9 heteroatoms. The third kappa shape index (κ3) is 3.98. The fourth-order valence-corrected chi connectivity index (χ4v) is 3.23. The summed E-state index contributed by atoms with van der Waals surface area (Å²) in [6, 6.07) is 4.27. The maximum absolute atomic E-state index is 12.1. The Labute approximate surface area is 150 Å². The van der Waals surface area contributed by atoms with Crippen LogP contribution < -0.4 is 15.0 Å². The maximum Gasteiger partial charge on any atom is 0.317 e. The van der Waals surface area contributed by atoms with E-state index < -0.39 is 0 Å². The third-order valence-electron chi connectivity index (χ3n) is 4.34. The van der Waals surface area contributed by atoms with Crippen molar-refractivity contribution in [2.75, 3.05) is 31.1 Å². The highest BCUT2D eigenvalue weighted by atomic mass is 32.1. The highest BCUT2D eigenvalue weighted by Gasteiger charge is 2.29. The normalized spacial score (nSPS) is 17.4. The van der Waals surface area contributed by atoms with Gasteiger partial charge in [0.05, 0.1) is 11.7 Å². The number of ether oxygens (including phenoxy) is 1. The van der Waals surface area contributed by atoms with Crippen LogP contribution in [-0.2, 0) is 6.61 Å². The van der Waals surface area contributed by atoms with Crippen LogP contribution in [0.4, 0.5) is 10.6 Å².